The number of rotatable bonds is 7. The summed E-state index contributed by atoms with van der Waals surface area (Å²) in [4.78, 5) is 17.9. The van der Waals surface area contributed by atoms with E-state index in [1.165, 1.54) is 33.3 Å². The van der Waals surface area contributed by atoms with E-state index in [2.05, 4.69) is 10.4 Å². The summed E-state index contributed by atoms with van der Waals surface area (Å²) in [7, 11) is 0.507. The number of aromatic nitrogens is 3. The lowest BCUT2D eigenvalue weighted by Crippen LogP contribution is -2.23. The fraction of sp³-hybridized carbons (Fsp3) is 0.409. The molecule has 1 amide bonds. The van der Waals surface area contributed by atoms with Crippen LogP contribution in [0.3, 0.4) is 0 Å². The summed E-state index contributed by atoms with van der Waals surface area (Å²) in [5, 5.41) is 7.86. The fourth-order valence-electron chi connectivity index (χ4n) is 3.25. The number of methoxy groups -OCH3 is 1. The Morgan fingerprint density at radius 2 is 1.84 bits per heavy atom. The molecule has 0 atom stereocenters. The van der Waals surface area contributed by atoms with E-state index >= 15 is 0 Å². The molecule has 0 bridgehead atoms. The fourth-order valence-corrected chi connectivity index (χ4v) is 4.33. The molecule has 0 spiro atoms. The highest BCUT2D eigenvalue weighted by Gasteiger charge is 2.24. The maximum atomic E-state index is 13.3. The third-order valence-electron chi connectivity index (χ3n) is 5.09. The van der Waals surface area contributed by atoms with Crippen molar-refractivity contribution in [2.75, 3.05) is 26.5 Å². The van der Waals surface area contributed by atoms with Crippen LogP contribution in [0, 0.1) is 0 Å². The summed E-state index contributed by atoms with van der Waals surface area (Å²) in [5.74, 6) is -0.0661. The van der Waals surface area contributed by atoms with Gasteiger partial charge in [0.05, 0.1) is 24.3 Å². The third kappa shape index (κ3) is 4.33. The molecule has 2 aromatic heterocycles. The lowest BCUT2D eigenvalue weighted by Gasteiger charge is -2.16. The molecular weight excluding hydrogens is 430 g/mol. The van der Waals surface area contributed by atoms with Gasteiger partial charge in [-0.3, -0.25) is 4.79 Å². The van der Waals surface area contributed by atoms with Gasteiger partial charge in [-0.15, -0.1) is 0 Å². The molecule has 2 heterocycles. The minimum absolute atomic E-state index is 0.0295. The lowest BCUT2D eigenvalue weighted by molar-refractivity contribution is 0.102. The third-order valence-corrected chi connectivity index (χ3v) is 6.93. The number of sulfonamides is 1. The SMILES string of the molecule is COc1ccc(NC(=O)c2cc(C(C)C)nc3c2cnn3C(C)C)cc1S(=O)(=O)N(C)C. The number of hydrogen-bond donors (Lipinski definition) is 1. The Morgan fingerprint density at radius 1 is 1.16 bits per heavy atom. The summed E-state index contributed by atoms with van der Waals surface area (Å²) in [6.45, 7) is 8.02. The summed E-state index contributed by atoms with van der Waals surface area (Å²) in [6, 6.07) is 6.36. The maximum Gasteiger partial charge on any atom is 0.256 e. The van der Waals surface area contributed by atoms with E-state index in [-0.39, 0.29) is 28.5 Å². The van der Waals surface area contributed by atoms with Crippen molar-refractivity contribution in [2.24, 2.45) is 0 Å². The highest BCUT2D eigenvalue weighted by molar-refractivity contribution is 7.89. The predicted molar refractivity (Wildman–Crippen MR) is 124 cm³/mol. The first-order chi connectivity index (χ1) is 15.0. The van der Waals surface area contributed by atoms with Crippen LogP contribution in [0.5, 0.6) is 5.75 Å². The molecular formula is C22H29N5O4S. The highest BCUT2D eigenvalue weighted by atomic mass is 32.2. The molecule has 3 aromatic rings. The van der Waals surface area contributed by atoms with E-state index in [1.807, 2.05) is 27.7 Å². The van der Waals surface area contributed by atoms with E-state index in [0.717, 1.165) is 10.00 Å². The molecule has 9 nitrogen and oxygen atoms in total. The van der Waals surface area contributed by atoms with Crippen molar-refractivity contribution in [1.82, 2.24) is 19.1 Å². The van der Waals surface area contributed by atoms with Crippen LogP contribution >= 0.6 is 0 Å². The number of benzene rings is 1. The van der Waals surface area contributed by atoms with Gasteiger partial charge in [-0.2, -0.15) is 5.10 Å². The second-order valence-corrected chi connectivity index (χ2v) is 10.4. The average Bonchev–Trinajstić information content (AvgIpc) is 3.17. The molecule has 0 radical (unpaired) electrons. The van der Waals surface area contributed by atoms with Crippen molar-refractivity contribution in [3.8, 4) is 5.75 Å². The van der Waals surface area contributed by atoms with E-state index in [0.29, 0.717) is 22.3 Å². The van der Waals surface area contributed by atoms with Crippen molar-refractivity contribution in [3.63, 3.8) is 0 Å². The van der Waals surface area contributed by atoms with Crippen LogP contribution in [0.1, 0.15) is 55.7 Å². The minimum atomic E-state index is -3.77. The number of carbonyl (C=O) groups excluding carboxylic acids is 1. The van der Waals surface area contributed by atoms with Gasteiger partial charge in [0, 0.05) is 31.5 Å². The zero-order valence-electron chi connectivity index (χ0n) is 19.4. The maximum absolute atomic E-state index is 13.3. The number of anilines is 1. The first-order valence-corrected chi connectivity index (χ1v) is 11.7. The molecule has 1 aromatic carbocycles. The van der Waals surface area contributed by atoms with Gasteiger partial charge in [-0.25, -0.2) is 22.4 Å². The zero-order valence-corrected chi connectivity index (χ0v) is 20.2. The lowest BCUT2D eigenvalue weighted by atomic mass is 10.0. The van der Waals surface area contributed by atoms with Gasteiger partial charge >= 0.3 is 0 Å². The van der Waals surface area contributed by atoms with Crippen LogP contribution < -0.4 is 10.1 Å². The topological polar surface area (TPSA) is 106 Å². The molecule has 32 heavy (non-hydrogen) atoms. The van der Waals surface area contributed by atoms with E-state index in [4.69, 9.17) is 9.72 Å². The van der Waals surface area contributed by atoms with E-state index in [1.54, 1.807) is 23.0 Å². The van der Waals surface area contributed by atoms with Crippen molar-refractivity contribution >= 4 is 32.7 Å². The van der Waals surface area contributed by atoms with Gasteiger partial charge in [0.15, 0.2) is 5.65 Å². The molecule has 0 saturated heterocycles. The summed E-state index contributed by atoms with van der Waals surface area (Å²) in [6.07, 6.45) is 1.64. The second kappa shape index (κ2) is 8.87. The van der Waals surface area contributed by atoms with Crippen molar-refractivity contribution < 1.29 is 17.9 Å². The van der Waals surface area contributed by atoms with Crippen LogP contribution in [0.25, 0.3) is 11.0 Å². The van der Waals surface area contributed by atoms with Crippen LogP contribution in [0.2, 0.25) is 0 Å². The standard InChI is InChI=1S/C22H29N5O4S/c1-13(2)18-11-16(17-12-23-27(14(3)4)21(17)25-18)22(28)24-15-8-9-19(31-7)20(10-15)32(29,30)26(5)6/h8-14H,1-7H3,(H,24,28). The normalized spacial score (nSPS) is 12.2. The number of ether oxygens (including phenoxy) is 1. The molecule has 172 valence electrons. The van der Waals surface area contributed by atoms with Gasteiger partial charge in [0.1, 0.15) is 10.6 Å². The second-order valence-electron chi connectivity index (χ2n) is 8.28. The molecule has 0 aliphatic heterocycles. The quantitative estimate of drug-likeness (QED) is 0.578. The van der Waals surface area contributed by atoms with Crippen LogP contribution in [0.15, 0.2) is 35.4 Å². The molecule has 3 rings (SSSR count). The number of nitrogens with one attached hydrogen (secondary N) is 1. The molecule has 0 saturated carbocycles. The van der Waals surface area contributed by atoms with E-state index in [9.17, 15) is 13.2 Å². The van der Waals surface area contributed by atoms with Gasteiger partial charge in [0.25, 0.3) is 5.91 Å². The number of pyridine rings is 1. The first kappa shape index (κ1) is 23.7. The van der Waals surface area contributed by atoms with Crippen LogP contribution in [0.4, 0.5) is 5.69 Å². The number of carbonyl (C=O) groups is 1. The molecule has 1 N–H and O–H groups in total. The largest absolute Gasteiger partial charge is 0.495 e. The number of fused-ring (bicyclic) bond motifs is 1. The summed E-state index contributed by atoms with van der Waals surface area (Å²) in [5.41, 5.74) is 2.18. The van der Waals surface area contributed by atoms with Crippen LogP contribution in [-0.2, 0) is 10.0 Å². The van der Waals surface area contributed by atoms with Crippen molar-refractivity contribution in [1.29, 1.82) is 0 Å². The molecule has 10 heteroatoms. The summed E-state index contributed by atoms with van der Waals surface area (Å²) < 4.78 is 33.5. The van der Waals surface area contributed by atoms with Crippen molar-refractivity contribution in [2.45, 2.75) is 44.6 Å². The minimum Gasteiger partial charge on any atom is -0.495 e. The summed E-state index contributed by atoms with van der Waals surface area (Å²) >= 11 is 0. The monoisotopic (exact) mass is 459 g/mol. The smallest absolute Gasteiger partial charge is 0.256 e. The molecule has 0 unspecified atom stereocenters. The molecule has 0 fully saturated rings. The number of hydrogen-bond acceptors (Lipinski definition) is 6. The van der Waals surface area contributed by atoms with Crippen molar-refractivity contribution in [3.05, 3.63) is 41.7 Å². The Balaban J connectivity index is 2.08. The Kier molecular flexibility index (Phi) is 6.56. The Bertz CT molecular complexity index is 1260. The van der Waals surface area contributed by atoms with Gasteiger partial charge in [-0.1, -0.05) is 13.8 Å². The highest BCUT2D eigenvalue weighted by Crippen LogP contribution is 2.30. The Labute approximate surface area is 188 Å². The predicted octanol–water partition coefficient (Wildman–Crippen LogP) is 3.65. The Hall–Kier alpha value is -2.98. The zero-order chi connectivity index (χ0) is 23.8. The molecule has 0 aliphatic rings. The van der Waals surface area contributed by atoms with Gasteiger partial charge < -0.3 is 10.1 Å². The van der Waals surface area contributed by atoms with Crippen LogP contribution in [-0.4, -0.2) is 54.6 Å². The number of nitrogens with zero attached hydrogens (tertiary/aromatic N) is 4. The molecule has 0 aliphatic carbocycles. The van der Waals surface area contributed by atoms with E-state index < -0.39 is 10.0 Å². The average molecular weight is 460 g/mol. The first-order valence-electron chi connectivity index (χ1n) is 10.3. The van der Waals surface area contributed by atoms with Gasteiger partial charge in [-0.05, 0) is 44.0 Å². The van der Waals surface area contributed by atoms with Gasteiger partial charge in [0.2, 0.25) is 10.0 Å². The number of amides is 1. The Morgan fingerprint density at radius 3 is 2.41 bits per heavy atom.